The molecule has 0 aliphatic carbocycles. The van der Waals surface area contributed by atoms with Crippen LogP contribution in [-0.2, 0) is 0 Å². The molecule has 0 unspecified atom stereocenters. The summed E-state index contributed by atoms with van der Waals surface area (Å²) in [7, 11) is 0. The molecule has 0 aliphatic rings. The molecule has 5 heteroatoms. The maximum Gasteiger partial charge on any atom is 0.195 e. The molecular formula is C6H8N4S. The second-order valence-electron chi connectivity index (χ2n) is 1.95. The lowest BCUT2D eigenvalue weighted by Crippen LogP contribution is -2.04. The number of hydrogen-bond donors (Lipinski definition) is 2. The predicted octanol–water partition coefficient (Wildman–Crippen LogP) is 0.771. The van der Waals surface area contributed by atoms with Gasteiger partial charge in [0.05, 0.1) is 0 Å². The number of amidine groups is 1. The topological polar surface area (TPSA) is 75.7 Å². The average Bonchev–Trinajstić information content (AvgIpc) is 1.85. The Balaban J connectivity index is 2.79. The Hall–Kier alpha value is -1.10. The van der Waals surface area contributed by atoms with E-state index in [2.05, 4.69) is 9.97 Å². The van der Waals surface area contributed by atoms with E-state index < -0.39 is 0 Å². The van der Waals surface area contributed by atoms with Crippen LogP contribution in [0.2, 0.25) is 0 Å². The quantitative estimate of drug-likeness (QED) is 0.281. The molecule has 0 saturated heterocycles. The number of nitrogens with zero attached hydrogens (tertiary/aromatic N) is 2. The summed E-state index contributed by atoms with van der Waals surface area (Å²) in [6, 6.07) is 1.80. The van der Waals surface area contributed by atoms with Crippen LogP contribution in [0.15, 0.2) is 17.4 Å². The third kappa shape index (κ3) is 2.55. The number of aryl methyl sites for hydroxylation is 1. The number of rotatable bonds is 1. The second kappa shape index (κ2) is 3.34. The highest BCUT2D eigenvalue weighted by molar-refractivity contribution is 8.13. The maximum absolute atomic E-state index is 6.96. The molecule has 0 amide bonds. The van der Waals surface area contributed by atoms with E-state index in [1.165, 1.54) is 0 Å². The lowest BCUT2D eigenvalue weighted by molar-refractivity contribution is 0.936. The normalized spacial score (nSPS) is 9.55. The number of aromatic nitrogens is 2. The van der Waals surface area contributed by atoms with E-state index >= 15 is 0 Å². The summed E-state index contributed by atoms with van der Waals surface area (Å²) in [4.78, 5) is 7.96. The molecule has 11 heavy (non-hydrogen) atoms. The molecule has 1 rings (SSSR count). The van der Waals surface area contributed by atoms with E-state index in [-0.39, 0.29) is 5.17 Å². The zero-order valence-corrected chi connectivity index (χ0v) is 6.85. The van der Waals surface area contributed by atoms with Gasteiger partial charge in [0.2, 0.25) is 0 Å². The fourth-order valence-corrected chi connectivity index (χ4v) is 1.07. The Morgan fingerprint density at radius 2 is 2.45 bits per heavy atom. The summed E-state index contributed by atoms with van der Waals surface area (Å²) < 4.78 is 0. The van der Waals surface area contributed by atoms with E-state index in [0.29, 0.717) is 5.16 Å². The smallest absolute Gasteiger partial charge is 0.195 e. The minimum absolute atomic E-state index is 0.00981. The largest absolute Gasteiger partial charge is 0.378 e. The van der Waals surface area contributed by atoms with Gasteiger partial charge >= 0.3 is 0 Å². The summed E-state index contributed by atoms with van der Waals surface area (Å²) in [5, 5.41) is 7.50. The van der Waals surface area contributed by atoms with Crippen LogP contribution in [0.3, 0.4) is 0 Å². The Labute approximate surface area is 68.7 Å². The van der Waals surface area contributed by atoms with Gasteiger partial charge < -0.3 is 5.73 Å². The molecule has 1 heterocycles. The Kier molecular flexibility index (Phi) is 2.43. The van der Waals surface area contributed by atoms with Gasteiger partial charge in [0.25, 0.3) is 0 Å². The number of hydrogen-bond acceptors (Lipinski definition) is 4. The van der Waals surface area contributed by atoms with E-state index in [1.807, 2.05) is 6.92 Å². The first-order chi connectivity index (χ1) is 5.18. The van der Waals surface area contributed by atoms with Crippen molar-refractivity contribution < 1.29 is 0 Å². The first kappa shape index (κ1) is 8.00. The van der Waals surface area contributed by atoms with Crippen molar-refractivity contribution in [2.45, 2.75) is 12.1 Å². The minimum atomic E-state index is 0.00981. The van der Waals surface area contributed by atoms with Crippen LogP contribution < -0.4 is 5.73 Å². The second-order valence-corrected chi connectivity index (χ2v) is 2.96. The molecule has 1 aromatic heterocycles. The Morgan fingerprint density at radius 1 is 1.73 bits per heavy atom. The summed E-state index contributed by atoms with van der Waals surface area (Å²) >= 11 is 1.05. The highest BCUT2D eigenvalue weighted by Crippen LogP contribution is 2.10. The molecule has 0 saturated carbocycles. The van der Waals surface area contributed by atoms with Crippen LogP contribution in [0, 0.1) is 12.3 Å². The van der Waals surface area contributed by atoms with Crippen LogP contribution >= 0.6 is 11.8 Å². The van der Waals surface area contributed by atoms with Crippen molar-refractivity contribution in [3.05, 3.63) is 18.0 Å². The molecule has 0 radical (unpaired) electrons. The third-order valence-electron chi connectivity index (χ3n) is 0.974. The molecule has 3 N–H and O–H groups in total. The van der Waals surface area contributed by atoms with Crippen LogP contribution in [-0.4, -0.2) is 15.1 Å². The van der Waals surface area contributed by atoms with Crippen LogP contribution in [0.25, 0.3) is 0 Å². The summed E-state index contributed by atoms with van der Waals surface area (Å²) in [6.07, 6.45) is 1.65. The summed E-state index contributed by atoms with van der Waals surface area (Å²) in [5.41, 5.74) is 6.02. The summed E-state index contributed by atoms with van der Waals surface area (Å²) in [6.45, 7) is 1.87. The predicted molar refractivity (Wildman–Crippen MR) is 44.5 cm³/mol. The van der Waals surface area contributed by atoms with Crippen molar-refractivity contribution in [2.24, 2.45) is 5.73 Å². The molecule has 0 aromatic carbocycles. The van der Waals surface area contributed by atoms with Gasteiger partial charge in [0.1, 0.15) is 0 Å². The monoisotopic (exact) mass is 168 g/mol. The van der Waals surface area contributed by atoms with E-state index in [0.717, 1.165) is 17.5 Å². The fourth-order valence-electron chi connectivity index (χ4n) is 0.573. The SMILES string of the molecule is Cc1ccnc(SC(=N)N)n1. The number of thioether (sulfide) groups is 1. The molecule has 0 fully saturated rings. The molecule has 58 valence electrons. The molecule has 1 aromatic rings. The summed E-state index contributed by atoms with van der Waals surface area (Å²) in [5.74, 6) is 0. The van der Waals surface area contributed by atoms with Gasteiger partial charge in [0, 0.05) is 11.9 Å². The van der Waals surface area contributed by atoms with Gasteiger partial charge in [-0.15, -0.1) is 0 Å². The highest BCUT2D eigenvalue weighted by atomic mass is 32.2. The van der Waals surface area contributed by atoms with Crippen molar-refractivity contribution in [1.82, 2.24) is 9.97 Å². The average molecular weight is 168 g/mol. The number of nitrogens with two attached hydrogens (primary N) is 1. The van der Waals surface area contributed by atoms with Crippen molar-refractivity contribution in [3.63, 3.8) is 0 Å². The highest BCUT2D eigenvalue weighted by Gasteiger charge is 1.98. The third-order valence-corrected chi connectivity index (χ3v) is 1.57. The first-order valence-electron chi connectivity index (χ1n) is 3.00. The van der Waals surface area contributed by atoms with Gasteiger partial charge in [-0.25, -0.2) is 9.97 Å². The van der Waals surface area contributed by atoms with Crippen molar-refractivity contribution in [1.29, 1.82) is 5.41 Å². The zero-order valence-electron chi connectivity index (χ0n) is 6.03. The molecule has 0 aliphatic heterocycles. The number of nitrogens with one attached hydrogen (secondary N) is 1. The van der Waals surface area contributed by atoms with Gasteiger partial charge in [-0.3, -0.25) is 5.41 Å². The van der Waals surface area contributed by atoms with E-state index in [4.69, 9.17) is 11.1 Å². The first-order valence-corrected chi connectivity index (χ1v) is 3.81. The zero-order chi connectivity index (χ0) is 8.27. The molecule has 0 spiro atoms. The van der Waals surface area contributed by atoms with Crippen molar-refractivity contribution in [3.8, 4) is 0 Å². The van der Waals surface area contributed by atoms with Gasteiger partial charge in [-0.2, -0.15) is 0 Å². The molecular weight excluding hydrogens is 160 g/mol. The minimum Gasteiger partial charge on any atom is -0.378 e. The van der Waals surface area contributed by atoms with Gasteiger partial charge in [-0.05, 0) is 24.8 Å². The molecule has 4 nitrogen and oxygen atoms in total. The van der Waals surface area contributed by atoms with Crippen LogP contribution in [0.4, 0.5) is 0 Å². The van der Waals surface area contributed by atoms with E-state index in [9.17, 15) is 0 Å². The lowest BCUT2D eigenvalue weighted by Gasteiger charge is -1.96. The lowest BCUT2D eigenvalue weighted by atomic mass is 10.5. The Bertz CT molecular complexity index is 273. The molecule has 0 atom stereocenters. The van der Waals surface area contributed by atoms with E-state index in [1.54, 1.807) is 12.3 Å². The van der Waals surface area contributed by atoms with Crippen LogP contribution in [0.5, 0.6) is 0 Å². The van der Waals surface area contributed by atoms with Gasteiger partial charge in [0.15, 0.2) is 10.3 Å². The van der Waals surface area contributed by atoms with Crippen LogP contribution in [0.1, 0.15) is 5.69 Å². The maximum atomic E-state index is 6.96. The standard InChI is InChI=1S/C6H8N4S/c1-4-2-3-9-6(10-4)11-5(7)8/h2-3H,1H3,(H3,7,8). The van der Waals surface area contributed by atoms with Gasteiger partial charge in [-0.1, -0.05) is 0 Å². The van der Waals surface area contributed by atoms with Crippen molar-refractivity contribution >= 4 is 16.9 Å². The molecule has 0 bridgehead atoms. The fraction of sp³-hybridized carbons (Fsp3) is 0.167. The Morgan fingerprint density at radius 3 is 3.00 bits per heavy atom. The van der Waals surface area contributed by atoms with Crippen molar-refractivity contribution in [2.75, 3.05) is 0 Å².